The minimum absolute atomic E-state index is 0.161. The highest BCUT2D eigenvalue weighted by molar-refractivity contribution is 7.17. The smallest absolute Gasteiger partial charge is 0.350 e. The Morgan fingerprint density at radius 2 is 2.00 bits per heavy atom. The van der Waals surface area contributed by atoms with Crippen molar-refractivity contribution in [2.24, 2.45) is 0 Å². The molecule has 3 rings (SSSR count). The molecule has 1 aliphatic rings. The summed E-state index contributed by atoms with van der Waals surface area (Å²) in [6.45, 7) is 8.59. The molecule has 2 heterocycles. The minimum Gasteiger partial charge on any atom is -0.459 e. The summed E-state index contributed by atoms with van der Waals surface area (Å²) in [6, 6.07) is 7.33. The fourth-order valence-corrected chi connectivity index (χ4v) is 3.88. The number of nitrogens with zero attached hydrogens (tertiary/aromatic N) is 2. The van der Waals surface area contributed by atoms with Crippen LogP contribution in [0.3, 0.4) is 0 Å². The number of hydrogen-bond acceptors (Lipinski definition) is 7. The molecule has 0 bridgehead atoms. The third kappa shape index (κ3) is 4.40. The van der Waals surface area contributed by atoms with Gasteiger partial charge in [-0.05, 0) is 46.8 Å². The largest absolute Gasteiger partial charge is 0.459 e. The number of benzene rings is 1. The summed E-state index contributed by atoms with van der Waals surface area (Å²) in [7, 11) is 0. The zero-order valence-corrected chi connectivity index (χ0v) is 17.8. The summed E-state index contributed by atoms with van der Waals surface area (Å²) < 4.78 is 5.19. The van der Waals surface area contributed by atoms with Gasteiger partial charge in [-0.3, -0.25) is 14.5 Å². The van der Waals surface area contributed by atoms with Crippen molar-refractivity contribution in [3.63, 3.8) is 0 Å². The molecule has 0 saturated heterocycles. The average Bonchev–Trinajstić information content (AvgIpc) is 2.98. The maximum Gasteiger partial charge on any atom is 0.350 e. The van der Waals surface area contributed by atoms with E-state index in [-0.39, 0.29) is 18.6 Å². The standard InChI is InChI=1S/C20H24N4O4S/c1-11(2)28-17(26)16-12(3)21-19(29-16)22-15(25)10-24-14-9-7-6-8-13(14)23-20(4,5)18(24)27/h6-9,11,23H,10H2,1-5H3,(H,21,22,25). The Labute approximate surface area is 173 Å². The van der Waals surface area contributed by atoms with Gasteiger partial charge in [0.2, 0.25) is 5.91 Å². The summed E-state index contributed by atoms with van der Waals surface area (Å²) in [5.41, 5.74) is 1.08. The van der Waals surface area contributed by atoms with E-state index in [1.807, 2.05) is 18.2 Å². The number of amides is 2. The number of aryl methyl sites for hydroxylation is 1. The Kier molecular flexibility index (Phi) is 5.61. The molecule has 9 heteroatoms. The average molecular weight is 417 g/mol. The highest BCUT2D eigenvalue weighted by Crippen LogP contribution is 2.35. The van der Waals surface area contributed by atoms with Gasteiger partial charge in [0.05, 0.1) is 23.2 Å². The Hall–Kier alpha value is -2.94. The second-order valence-corrected chi connectivity index (χ2v) is 8.59. The molecule has 0 spiro atoms. The number of aromatic nitrogens is 1. The minimum atomic E-state index is -0.833. The molecule has 0 aliphatic carbocycles. The van der Waals surface area contributed by atoms with Crippen LogP contribution in [0.25, 0.3) is 0 Å². The van der Waals surface area contributed by atoms with Gasteiger partial charge in [0.15, 0.2) is 5.13 Å². The van der Waals surface area contributed by atoms with Crippen LogP contribution in [0.2, 0.25) is 0 Å². The van der Waals surface area contributed by atoms with Crippen molar-refractivity contribution in [2.75, 3.05) is 22.1 Å². The first-order valence-corrected chi connectivity index (χ1v) is 10.1. The first kappa shape index (κ1) is 20.8. The predicted octanol–water partition coefficient (Wildman–Crippen LogP) is 3.19. The predicted molar refractivity (Wildman–Crippen MR) is 113 cm³/mol. The first-order valence-electron chi connectivity index (χ1n) is 9.26. The highest BCUT2D eigenvalue weighted by Gasteiger charge is 2.39. The second-order valence-electron chi connectivity index (χ2n) is 7.59. The van der Waals surface area contributed by atoms with Crippen LogP contribution < -0.4 is 15.5 Å². The normalized spacial score (nSPS) is 15.0. The second kappa shape index (κ2) is 7.82. The molecule has 8 nitrogen and oxygen atoms in total. The van der Waals surface area contributed by atoms with Crippen molar-refractivity contribution in [3.05, 3.63) is 34.8 Å². The van der Waals surface area contributed by atoms with Gasteiger partial charge in [0, 0.05) is 0 Å². The number of anilines is 3. The van der Waals surface area contributed by atoms with Crippen LogP contribution in [0, 0.1) is 6.92 Å². The number of nitrogens with one attached hydrogen (secondary N) is 2. The van der Waals surface area contributed by atoms with Crippen molar-refractivity contribution in [2.45, 2.75) is 46.3 Å². The van der Waals surface area contributed by atoms with E-state index in [9.17, 15) is 14.4 Å². The van der Waals surface area contributed by atoms with E-state index in [0.717, 1.165) is 17.0 Å². The molecule has 29 heavy (non-hydrogen) atoms. The van der Waals surface area contributed by atoms with Crippen LogP contribution in [0.15, 0.2) is 24.3 Å². The lowest BCUT2D eigenvalue weighted by Crippen LogP contribution is -2.55. The van der Waals surface area contributed by atoms with Gasteiger partial charge in [-0.15, -0.1) is 0 Å². The van der Waals surface area contributed by atoms with Crippen LogP contribution >= 0.6 is 11.3 Å². The first-order chi connectivity index (χ1) is 13.6. The van der Waals surface area contributed by atoms with Gasteiger partial charge < -0.3 is 15.4 Å². The lowest BCUT2D eigenvalue weighted by atomic mass is 9.98. The molecule has 1 aromatic heterocycles. The Morgan fingerprint density at radius 3 is 2.69 bits per heavy atom. The van der Waals surface area contributed by atoms with Crippen LogP contribution in [0.5, 0.6) is 0 Å². The SMILES string of the molecule is Cc1nc(NC(=O)CN2C(=O)C(C)(C)Nc3ccccc32)sc1C(=O)OC(C)C. The van der Waals surface area contributed by atoms with Crippen LogP contribution in [-0.2, 0) is 14.3 Å². The van der Waals surface area contributed by atoms with Crippen LogP contribution in [-0.4, -0.2) is 41.0 Å². The third-order valence-corrected chi connectivity index (χ3v) is 5.35. The summed E-state index contributed by atoms with van der Waals surface area (Å²) in [6.07, 6.45) is -0.246. The van der Waals surface area contributed by atoms with Gasteiger partial charge >= 0.3 is 5.97 Å². The topological polar surface area (TPSA) is 101 Å². The molecule has 1 aromatic carbocycles. The molecule has 154 valence electrons. The highest BCUT2D eigenvalue weighted by atomic mass is 32.1. The Morgan fingerprint density at radius 1 is 1.31 bits per heavy atom. The fraction of sp³-hybridized carbons (Fsp3) is 0.400. The molecule has 0 fully saturated rings. The fourth-order valence-electron chi connectivity index (χ4n) is 3.02. The molecular weight excluding hydrogens is 392 g/mol. The van der Waals surface area contributed by atoms with Gasteiger partial charge in [-0.2, -0.15) is 0 Å². The van der Waals surface area contributed by atoms with Gasteiger partial charge in [-0.1, -0.05) is 23.5 Å². The number of ether oxygens (including phenoxy) is 1. The molecule has 0 unspecified atom stereocenters. The van der Waals surface area contributed by atoms with Crippen molar-refractivity contribution in [1.82, 2.24) is 4.98 Å². The summed E-state index contributed by atoms with van der Waals surface area (Å²) in [4.78, 5) is 43.7. The summed E-state index contributed by atoms with van der Waals surface area (Å²) in [5.74, 6) is -1.07. The summed E-state index contributed by atoms with van der Waals surface area (Å²) in [5, 5.41) is 6.17. The quantitative estimate of drug-likeness (QED) is 0.726. The molecule has 0 saturated carbocycles. The van der Waals surface area contributed by atoms with E-state index in [1.54, 1.807) is 40.7 Å². The van der Waals surface area contributed by atoms with Crippen molar-refractivity contribution in [3.8, 4) is 0 Å². The van der Waals surface area contributed by atoms with Crippen molar-refractivity contribution >= 4 is 45.6 Å². The number of fused-ring (bicyclic) bond motifs is 1. The van der Waals surface area contributed by atoms with E-state index in [2.05, 4.69) is 15.6 Å². The molecule has 0 atom stereocenters. The van der Waals surface area contributed by atoms with E-state index in [1.165, 1.54) is 4.90 Å². The number of hydrogen-bond donors (Lipinski definition) is 2. The molecule has 2 aromatic rings. The lowest BCUT2D eigenvalue weighted by molar-refractivity contribution is -0.124. The van der Waals surface area contributed by atoms with E-state index in [0.29, 0.717) is 21.4 Å². The van der Waals surface area contributed by atoms with E-state index >= 15 is 0 Å². The lowest BCUT2D eigenvalue weighted by Gasteiger charge is -2.39. The van der Waals surface area contributed by atoms with E-state index < -0.39 is 17.4 Å². The zero-order valence-electron chi connectivity index (χ0n) is 17.0. The van der Waals surface area contributed by atoms with E-state index in [4.69, 9.17) is 4.74 Å². The Balaban J connectivity index is 1.76. The van der Waals surface area contributed by atoms with Gasteiger partial charge in [0.1, 0.15) is 17.0 Å². The van der Waals surface area contributed by atoms with Crippen LogP contribution in [0.1, 0.15) is 43.1 Å². The van der Waals surface area contributed by atoms with Gasteiger partial charge in [0.25, 0.3) is 5.91 Å². The number of carbonyl (C=O) groups is 3. The summed E-state index contributed by atoms with van der Waals surface area (Å²) >= 11 is 1.05. The molecule has 2 amide bonds. The van der Waals surface area contributed by atoms with Gasteiger partial charge in [-0.25, -0.2) is 9.78 Å². The molecular formula is C20H24N4O4S. The third-order valence-electron chi connectivity index (χ3n) is 4.29. The van der Waals surface area contributed by atoms with Crippen molar-refractivity contribution < 1.29 is 19.1 Å². The monoisotopic (exact) mass is 416 g/mol. The number of rotatable bonds is 5. The zero-order chi connectivity index (χ0) is 21.3. The molecule has 0 radical (unpaired) electrons. The van der Waals surface area contributed by atoms with Crippen molar-refractivity contribution in [1.29, 1.82) is 0 Å². The maximum atomic E-state index is 12.9. The molecule has 2 N–H and O–H groups in total. The Bertz CT molecular complexity index is 967. The number of carbonyl (C=O) groups excluding carboxylic acids is 3. The van der Waals surface area contributed by atoms with Crippen LogP contribution in [0.4, 0.5) is 16.5 Å². The molecule has 1 aliphatic heterocycles. The number of para-hydroxylation sites is 2. The maximum absolute atomic E-state index is 12.9. The number of thiazole rings is 1. The number of esters is 1.